The molecule has 0 radical (unpaired) electrons. The quantitative estimate of drug-likeness (QED) is 0.275. The standard InChI is InChI=1S/C30H35F3O2/c1-3-17-34-28-16-14-25(29(32)30(28)33)24-13-15-27(26(31)18-24)35-19-21-7-11-23(12-8-21)22-9-5-20(4-2)6-10-22/h3-4,13-18,20-23H,2,5-12,19H2,1H3/b17-3+. The summed E-state index contributed by atoms with van der Waals surface area (Å²) >= 11 is 0. The third-order valence-corrected chi connectivity index (χ3v) is 7.80. The van der Waals surface area contributed by atoms with E-state index in [0.717, 1.165) is 24.7 Å². The van der Waals surface area contributed by atoms with Crippen LogP contribution in [0.5, 0.6) is 11.5 Å². The minimum Gasteiger partial charge on any atom is -0.490 e. The number of benzene rings is 2. The summed E-state index contributed by atoms with van der Waals surface area (Å²) in [5.41, 5.74) is 0.219. The van der Waals surface area contributed by atoms with E-state index in [1.54, 1.807) is 19.1 Å². The second-order valence-corrected chi connectivity index (χ2v) is 9.97. The Labute approximate surface area is 206 Å². The number of hydrogen-bond acceptors (Lipinski definition) is 2. The van der Waals surface area contributed by atoms with Crippen LogP contribution >= 0.6 is 0 Å². The van der Waals surface area contributed by atoms with Gasteiger partial charge < -0.3 is 9.47 Å². The van der Waals surface area contributed by atoms with Gasteiger partial charge in [0.1, 0.15) is 0 Å². The lowest BCUT2D eigenvalue weighted by Crippen LogP contribution is -2.27. The lowest BCUT2D eigenvalue weighted by atomic mass is 9.69. The van der Waals surface area contributed by atoms with Crippen molar-refractivity contribution in [3.63, 3.8) is 0 Å². The molecule has 5 heteroatoms. The topological polar surface area (TPSA) is 18.5 Å². The lowest BCUT2D eigenvalue weighted by Gasteiger charge is -2.37. The first-order valence-electron chi connectivity index (χ1n) is 12.8. The van der Waals surface area contributed by atoms with Crippen LogP contribution in [0.15, 0.2) is 55.3 Å². The molecule has 2 aliphatic rings. The van der Waals surface area contributed by atoms with Crippen molar-refractivity contribution in [3.05, 3.63) is 72.8 Å². The fraction of sp³-hybridized carbons (Fsp3) is 0.467. The van der Waals surface area contributed by atoms with E-state index >= 15 is 0 Å². The summed E-state index contributed by atoms with van der Waals surface area (Å²) in [6, 6.07) is 6.96. The summed E-state index contributed by atoms with van der Waals surface area (Å²) in [6.07, 6.45) is 14.8. The Morgan fingerprint density at radius 1 is 0.857 bits per heavy atom. The zero-order chi connectivity index (χ0) is 24.8. The predicted octanol–water partition coefficient (Wildman–Crippen LogP) is 8.86. The summed E-state index contributed by atoms with van der Waals surface area (Å²) in [5.74, 6) is -0.0678. The summed E-state index contributed by atoms with van der Waals surface area (Å²) in [4.78, 5) is 0. The van der Waals surface area contributed by atoms with Gasteiger partial charge in [-0.3, -0.25) is 0 Å². The van der Waals surface area contributed by atoms with Crippen molar-refractivity contribution in [2.24, 2.45) is 23.7 Å². The smallest absolute Gasteiger partial charge is 0.201 e. The number of rotatable bonds is 8. The molecule has 0 N–H and O–H groups in total. The number of allylic oxidation sites excluding steroid dienone is 2. The molecule has 0 heterocycles. The van der Waals surface area contributed by atoms with Crippen LogP contribution in [0.25, 0.3) is 11.1 Å². The third kappa shape index (κ3) is 6.12. The third-order valence-electron chi connectivity index (χ3n) is 7.80. The number of halogens is 3. The highest BCUT2D eigenvalue weighted by Gasteiger charge is 2.30. The Balaban J connectivity index is 1.31. The van der Waals surface area contributed by atoms with Gasteiger partial charge in [-0.1, -0.05) is 18.2 Å². The average Bonchev–Trinajstić information content (AvgIpc) is 2.89. The fourth-order valence-electron chi connectivity index (χ4n) is 5.66. The van der Waals surface area contributed by atoms with Gasteiger partial charge in [-0.25, -0.2) is 8.78 Å². The summed E-state index contributed by atoms with van der Waals surface area (Å²) in [6.45, 7) is 6.13. The van der Waals surface area contributed by atoms with E-state index in [4.69, 9.17) is 9.47 Å². The lowest BCUT2D eigenvalue weighted by molar-refractivity contribution is 0.127. The monoisotopic (exact) mass is 484 g/mol. The highest BCUT2D eigenvalue weighted by Crippen LogP contribution is 2.42. The van der Waals surface area contributed by atoms with Crippen LogP contribution in [0, 0.1) is 41.1 Å². The molecule has 0 aliphatic heterocycles. The number of ether oxygens (including phenoxy) is 2. The molecular formula is C30H35F3O2. The molecule has 2 aromatic carbocycles. The summed E-state index contributed by atoms with van der Waals surface area (Å²) in [5, 5.41) is 0. The fourth-order valence-corrected chi connectivity index (χ4v) is 5.66. The van der Waals surface area contributed by atoms with Crippen LogP contribution in [-0.4, -0.2) is 6.61 Å². The molecule has 0 saturated heterocycles. The molecule has 2 fully saturated rings. The molecule has 2 saturated carbocycles. The van der Waals surface area contributed by atoms with Crippen molar-refractivity contribution in [1.82, 2.24) is 0 Å². The van der Waals surface area contributed by atoms with Gasteiger partial charge in [-0.05, 0) is 112 Å². The van der Waals surface area contributed by atoms with E-state index in [-0.39, 0.29) is 22.6 Å². The molecule has 0 atom stereocenters. The average molecular weight is 485 g/mol. The van der Waals surface area contributed by atoms with Gasteiger partial charge in [-0.15, -0.1) is 6.58 Å². The Hall–Kier alpha value is -2.69. The second-order valence-electron chi connectivity index (χ2n) is 9.97. The van der Waals surface area contributed by atoms with Crippen LogP contribution in [0.1, 0.15) is 58.3 Å². The molecule has 4 rings (SSSR count). The molecular weight excluding hydrogens is 449 g/mol. The molecule has 0 spiro atoms. The first-order chi connectivity index (χ1) is 17.0. The first-order valence-corrected chi connectivity index (χ1v) is 12.8. The van der Waals surface area contributed by atoms with Gasteiger partial charge in [0.25, 0.3) is 0 Å². The Bertz CT molecular complexity index is 1030. The Kier molecular flexibility index (Phi) is 8.59. The second kappa shape index (κ2) is 11.8. The van der Waals surface area contributed by atoms with Crippen molar-refractivity contribution < 1.29 is 22.6 Å². The highest BCUT2D eigenvalue weighted by molar-refractivity contribution is 5.66. The summed E-state index contributed by atoms with van der Waals surface area (Å²) in [7, 11) is 0. The van der Waals surface area contributed by atoms with Gasteiger partial charge in [0.2, 0.25) is 5.82 Å². The molecule has 188 valence electrons. The van der Waals surface area contributed by atoms with Gasteiger partial charge in [0, 0.05) is 5.56 Å². The predicted molar refractivity (Wildman–Crippen MR) is 134 cm³/mol. The first kappa shape index (κ1) is 25.4. The molecule has 2 aromatic rings. The van der Waals surface area contributed by atoms with Crippen molar-refractivity contribution in [1.29, 1.82) is 0 Å². The van der Waals surface area contributed by atoms with E-state index in [9.17, 15) is 13.2 Å². The van der Waals surface area contributed by atoms with E-state index < -0.39 is 17.5 Å². The maximum atomic E-state index is 14.8. The zero-order valence-electron chi connectivity index (χ0n) is 20.4. The molecule has 2 nitrogen and oxygen atoms in total. The van der Waals surface area contributed by atoms with Crippen LogP contribution in [0.2, 0.25) is 0 Å². The molecule has 35 heavy (non-hydrogen) atoms. The van der Waals surface area contributed by atoms with Crippen molar-refractivity contribution in [3.8, 4) is 22.6 Å². The largest absolute Gasteiger partial charge is 0.490 e. The summed E-state index contributed by atoms with van der Waals surface area (Å²) < 4.78 is 54.5. The molecule has 0 unspecified atom stereocenters. The van der Waals surface area contributed by atoms with Gasteiger partial charge in [0.05, 0.1) is 12.9 Å². The Morgan fingerprint density at radius 2 is 1.51 bits per heavy atom. The van der Waals surface area contributed by atoms with Crippen molar-refractivity contribution in [2.45, 2.75) is 58.3 Å². The van der Waals surface area contributed by atoms with Gasteiger partial charge in [-0.2, -0.15) is 4.39 Å². The van der Waals surface area contributed by atoms with Gasteiger partial charge >= 0.3 is 0 Å². The van der Waals surface area contributed by atoms with Crippen LogP contribution in [0.3, 0.4) is 0 Å². The van der Waals surface area contributed by atoms with Crippen LogP contribution in [0.4, 0.5) is 13.2 Å². The van der Waals surface area contributed by atoms with Crippen LogP contribution in [-0.2, 0) is 0 Å². The molecule has 0 aromatic heterocycles. The van der Waals surface area contributed by atoms with E-state index in [1.807, 2.05) is 0 Å². The van der Waals surface area contributed by atoms with Gasteiger partial charge in [0.15, 0.2) is 23.1 Å². The van der Waals surface area contributed by atoms with Crippen molar-refractivity contribution >= 4 is 0 Å². The zero-order valence-corrected chi connectivity index (χ0v) is 20.4. The van der Waals surface area contributed by atoms with E-state index in [2.05, 4.69) is 12.7 Å². The minimum atomic E-state index is -1.11. The van der Waals surface area contributed by atoms with Crippen molar-refractivity contribution in [2.75, 3.05) is 6.61 Å². The molecule has 0 bridgehead atoms. The SMILES string of the molecule is C=CC1CCC(C2CCC(COc3ccc(-c4ccc(O/C=C/C)c(F)c4F)cc3F)CC2)CC1. The Morgan fingerprint density at radius 3 is 2.14 bits per heavy atom. The normalized spacial score (nSPS) is 24.9. The van der Waals surface area contributed by atoms with E-state index in [1.165, 1.54) is 69.1 Å². The molecule has 0 amide bonds. The number of hydrogen-bond donors (Lipinski definition) is 0. The maximum absolute atomic E-state index is 14.8. The maximum Gasteiger partial charge on any atom is 0.201 e. The molecule has 2 aliphatic carbocycles. The minimum absolute atomic E-state index is 0.0266. The van der Waals surface area contributed by atoms with Crippen LogP contribution < -0.4 is 9.47 Å². The van der Waals surface area contributed by atoms with E-state index in [0.29, 0.717) is 18.4 Å². The highest BCUT2D eigenvalue weighted by atomic mass is 19.2.